The Morgan fingerprint density at radius 2 is 2.00 bits per heavy atom. The van der Waals surface area contributed by atoms with Crippen molar-refractivity contribution in [2.45, 2.75) is 45.2 Å². The van der Waals surface area contributed by atoms with Gasteiger partial charge in [-0.15, -0.1) is 0 Å². The third kappa shape index (κ3) is 3.71. The maximum atomic E-state index is 6.28. The van der Waals surface area contributed by atoms with Gasteiger partial charge in [0.15, 0.2) is 0 Å². The van der Waals surface area contributed by atoms with Crippen molar-refractivity contribution < 1.29 is 0 Å². The van der Waals surface area contributed by atoms with E-state index in [0.29, 0.717) is 12.0 Å². The van der Waals surface area contributed by atoms with E-state index in [1.165, 1.54) is 31.2 Å². The fourth-order valence-corrected chi connectivity index (χ4v) is 3.45. The predicted molar refractivity (Wildman–Crippen MR) is 82.3 cm³/mol. The molecule has 2 atom stereocenters. The highest BCUT2D eigenvalue weighted by atomic mass is 35.5. The van der Waals surface area contributed by atoms with Gasteiger partial charge < -0.3 is 5.73 Å². The van der Waals surface area contributed by atoms with Crippen LogP contribution in [0.25, 0.3) is 0 Å². The second kappa shape index (κ2) is 7.28. The van der Waals surface area contributed by atoms with Gasteiger partial charge >= 0.3 is 0 Å². The van der Waals surface area contributed by atoms with Crippen LogP contribution < -0.4 is 5.73 Å². The Labute approximate surface area is 121 Å². The molecule has 0 heterocycles. The molecule has 0 aliphatic heterocycles. The molecule has 0 spiro atoms. The zero-order chi connectivity index (χ0) is 13.7. The minimum absolute atomic E-state index is 0.625. The molecule has 1 aromatic carbocycles. The van der Waals surface area contributed by atoms with Gasteiger partial charge in [0.2, 0.25) is 0 Å². The Balaban J connectivity index is 2.08. The van der Waals surface area contributed by atoms with Gasteiger partial charge in [0.05, 0.1) is 0 Å². The lowest BCUT2D eigenvalue weighted by atomic mass is 9.83. The number of benzene rings is 1. The molecule has 0 saturated heterocycles. The first kappa shape index (κ1) is 14.8. The number of hydrogen-bond acceptors (Lipinski definition) is 2. The average molecular weight is 281 g/mol. The first-order valence-corrected chi connectivity index (χ1v) is 7.81. The van der Waals surface area contributed by atoms with Gasteiger partial charge in [-0.3, -0.25) is 4.90 Å². The van der Waals surface area contributed by atoms with Gasteiger partial charge in [-0.2, -0.15) is 0 Å². The van der Waals surface area contributed by atoms with Crippen molar-refractivity contribution in [3.8, 4) is 0 Å². The van der Waals surface area contributed by atoms with E-state index in [0.717, 1.165) is 24.7 Å². The normalized spacial score (nSPS) is 23.8. The summed E-state index contributed by atoms with van der Waals surface area (Å²) in [6.45, 7) is 5.05. The summed E-state index contributed by atoms with van der Waals surface area (Å²) in [6, 6.07) is 8.79. The third-order valence-electron chi connectivity index (χ3n) is 4.38. The number of halogens is 1. The van der Waals surface area contributed by atoms with Crippen LogP contribution in [0, 0.1) is 5.92 Å². The summed E-state index contributed by atoms with van der Waals surface area (Å²) in [4.78, 5) is 2.55. The molecule has 1 aromatic rings. The topological polar surface area (TPSA) is 29.3 Å². The number of nitrogens with two attached hydrogens (primary N) is 1. The van der Waals surface area contributed by atoms with Crippen LogP contribution >= 0.6 is 11.6 Å². The molecule has 2 unspecified atom stereocenters. The molecule has 106 valence electrons. The summed E-state index contributed by atoms with van der Waals surface area (Å²) in [6.07, 6.45) is 5.22. The van der Waals surface area contributed by atoms with Gasteiger partial charge in [0, 0.05) is 17.6 Å². The molecule has 1 aliphatic rings. The fourth-order valence-electron chi connectivity index (χ4n) is 3.25. The Kier molecular flexibility index (Phi) is 5.68. The second-order valence-electron chi connectivity index (χ2n) is 5.50. The van der Waals surface area contributed by atoms with E-state index in [1.54, 1.807) is 0 Å². The van der Waals surface area contributed by atoms with Crippen molar-refractivity contribution in [1.29, 1.82) is 0 Å². The van der Waals surface area contributed by atoms with E-state index >= 15 is 0 Å². The molecule has 2 N–H and O–H groups in total. The summed E-state index contributed by atoms with van der Waals surface area (Å²) in [5, 5.41) is 0.876. The number of nitrogens with zero attached hydrogens (tertiary/aromatic N) is 1. The summed E-state index contributed by atoms with van der Waals surface area (Å²) in [5.74, 6) is 0.649. The van der Waals surface area contributed by atoms with Crippen molar-refractivity contribution in [2.24, 2.45) is 11.7 Å². The average Bonchev–Trinajstić information content (AvgIpc) is 2.46. The molecule has 2 rings (SSSR count). The maximum absolute atomic E-state index is 6.28. The minimum Gasteiger partial charge on any atom is -0.330 e. The van der Waals surface area contributed by atoms with E-state index in [4.69, 9.17) is 17.3 Å². The zero-order valence-electron chi connectivity index (χ0n) is 11.8. The predicted octanol–water partition coefficient (Wildman–Crippen LogP) is 3.68. The van der Waals surface area contributed by atoms with Gasteiger partial charge in [-0.25, -0.2) is 0 Å². The smallest absolute Gasteiger partial charge is 0.0451 e. The Hall–Kier alpha value is -0.570. The first-order valence-electron chi connectivity index (χ1n) is 7.43. The van der Waals surface area contributed by atoms with Crippen molar-refractivity contribution >= 4 is 11.6 Å². The fraction of sp³-hybridized carbons (Fsp3) is 0.625. The van der Waals surface area contributed by atoms with Crippen molar-refractivity contribution in [3.63, 3.8) is 0 Å². The largest absolute Gasteiger partial charge is 0.330 e. The Morgan fingerprint density at radius 1 is 1.26 bits per heavy atom. The first-order chi connectivity index (χ1) is 9.26. The van der Waals surface area contributed by atoms with E-state index < -0.39 is 0 Å². The molecule has 1 aliphatic carbocycles. The lowest BCUT2D eigenvalue weighted by molar-refractivity contribution is 0.105. The molecule has 2 nitrogen and oxygen atoms in total. The Bertz CT molecular complexity index is 394. The molecular weight excluding hydrogens is 256 g/mol. The van der Waals surface area contributed by atoms with Crippen LogP contribution in [0.4, 0.5) is 0 Å². The summed E-state index contributed by atoms with van der Waals surface area (Å²) in [5.41, 5.74) is 7.19. The van der Waals surface area contributed by atoms with Crippen LogP contribution in [0.5, 0.6) is 0 Å². The van der Waals surface area contributed by atoms with Gasteiger partial charge in [0.1, 0.15) is 0 Å². The Morgan fingerprint density at radius 3 is 2.68 bits per heavy atom. The molecular formula is C16H25ClN2. The lowest BCUT2D eigenvalue weighted by Gasteiger charge is -2.39. The van der Waals surface area contributed by atoms with Crippen molar-refractivity contribution in [1.82, 2.24) is 4.90 Å². The maximum Gasteiger partial charge on any atom is 0.0451 e. The highest BCUT2D eigenvalue weighted by molar-refractivity contribution is 6.31. The van der Waals surface area contributed by atoms with Crippen LogP contribution in [-0.4, -0.2) is 24.0 Å². The monoisotopic (exact) mass is 280 g/mol. The zero-order valence-corrected chi connectivity index (χ0v) is 12.6. The molecule has 0 aromatic heterocycles. The van der Waals surface area contributed by atoms with E-state index in [-0.39, 0.29) is 0 Å². The van der Waals surface area contributed by atoms with Gasteiger partial charge in [-0.1, -0.05) is 49.6 Å². The lowest BCUT2D eigenvalue weighted by Crippen LogP contribution is -2.44. The van der Waals surface area contributed by atoms with Crippen molar-refractivity contribution in [2.75, 3.05) is 13.1 Å². The van der Waals surface area contributed by atoms with Gasteiger partial charge in [-0.05, 0) is 43.5 Å². The van der Waals surface area contributed by atoms with Crippen LogP contribution in [0.2, 0.25) is 5.02 Å². The molecule has 0 amide bonds. The molecule has 0 bridgehead atoms. The quantitative estimate of drug-likeness (QED) is 0.891. The third-order valence-corrected chi connectivity index (χ3v) is 4.75. The molecule has 1 saturated carbocycles. The number of hydrogen-bond donors (Lipinski definition) is 1. The summed E-state index contributed by atoms with van der Waals surface area (Å²) >= 11 is 6.28. The second-order valence-corrected chi connectivity index (χ2v) is 5.91. The molecule has 3 heteroatoms. The molecule has 1 fully saturated rings. The van der Waals surface area contributed by atoms with Gasteiger partial charge in [0.25, 0.3) is 0 Å². The highest BCUT2D eigenvalue weighted by Crippen LogP contribution is 2.29. The standard InChI is InChI=1S/C16H25ClN2/c1-2-19(12-14-8-3-5-9-15(14)17)16-10-6-4-7-13(16)11-18/h3,5,8-9,13,16H,2,4,6-7,10-12,18H2,1H3. The highest BCUT2D eigenvalue weighted by Gasteiger charge is 2.28. The SMILES string of the molecule is CCN(Cc1ccccc1Cl)C1CCCCC1CN. The van der Waals surface area contributed by atoms with Crippen LogP contribution in [0.3, 0.4) is 0 Å². The molecule has 0 radical (unpaired) electrons. The van der Waals surface area contributed by atoms with E-state index in [1.807, 2.05) is 12.1 Å². The van der Waals surface area contributed by atoms with Crippen LogP contribution in [0.1, 0.15) is 38.2 Å². The van der Waals surface area contributed by atoms with E-state index in [9.17, 15) is 0 Å². The van der Waals surface area contributed by atoms with Crippen LogP contribution in [0.15, 0.2) is 24.3 Å². The molecule has 19 heavy (non-hydrogen) atoms. The van der Waals surface area contributed by atoms with Crippen LogP contribution in [-0.2, 0) is 6.54 Å². The minimum atomic E-state index is 0.625. The summed E-state index contributed by atoms with van der Waals surface area (Å²) in [7, 11) is 0. The van der Waals surface area contributed by atoms with E-state index in [2.05, 4.69) is 24.0 Å². The number of rotatable bonds is 5. The summed E-state index contributed by atoms with van der Waals surface area (Å²) < 4.78 is 0. The van der Waals surface area contributed by atoms with Crippen molar-refractivity contribution in [3.05, 3.63) is 34.9 Å².